The molecule has 0 bridgehead atoms. The van der Waals surface area contributed by atoms with Gasteiger partial charge in [-0.2, -0.15) is 0 Å². The van der Waals surface area contributed by atoms with Crippen molar-refractivity contribution in [2.75, 3.05) is 26.2 Å². The van der Waals surface area contributed by atoms with Gasteiger partial charge in [-0.3, -0.25) is 9.59 Å². The summed E-state index contributed by atoms with van der Waals surface area (Å²) in [6, 6.07) is 11.8. The Balaban J connectivity index is 1.57. The van der Waals surface area contributed by atoms with Gasteiger partial charge >= 0.3 is 0 Å². The molecule has 5 nitrogen and oxygen atoms in total. The SMILES string of the molecule is CCCc1ccc(C(=O)N2CCCN(C(=O)Cc3ccc[nH]3)CC2)cc1. The highest BCUT2D eigenvalue weighted by atomic mass is 16.2. The van der Waals surface area contributed by atoms with Crippen LogP contribution >= 0.6 is 0 Å². The number of aromatic amines is 1. The van der Waals surface area contributed by atoms with E-state index in [1.54, 1.807) is 0 Å². The first kappa shape index (κ1) is 18.2. The van der Waals surface area contributed by atoms with Gasteiger partial charge in [-0.25, -0.2) is 0 Å². The maximum Gasteiger partial charge on any atom is 0.253 e. The van der Waals surface area contributed by atoms with Crippen molar-refractivity contribution in [1.82, 2.24) is 14.8 Å². The van der Waals surface area contributed by atoms with E-state index in [1.807, 2.05) is 52.4 Å². The highest BCUT2D eigenvalue weighted by Gasteiger charge is 2.23. The van der Waals surface area contributed by atoms with Crippen LogP contribution in [0.1, 0.15) is 41.4 Å². The lowest BCUT2D eigenvalue weighted by Gasteiger charge is -2.22. The predicted octanol–water partition coefficient (Wildman–Crippen LogP) is 2.88. The van der Waals surface area contributed by atoms with Crippen molar-refractivity contribution in [3.8, 4) is 0 Å². The molecule has 2 heterocycles. The zero-order chi connectivity index (χ0) is 18.4. The number of nitrogens with one attached hydrogen (secondary N) is 1. The summed E-state index contributed by atoms with van der Waals surface area (Å²) in [6.45, 7) is 4.74. The molecule has 1 aliphatic heterocycles. The molecule has 138 valence electrons. The number of carbonyl (C=O) groups excluding carboxylic acids is 2. The van der Waals surface area contributed by atoms with Crippen LogP contribution in [0.4, 0.5) is 0 Å². The summed E-state index contributed by atoms with van der Waals surface area (Å²) >= 11 is 0. The van der Waals surface area contributed by atoms with Gasteiger partial charge in [-0.1, -0.05) is 25.5 Å². The van der Waals surface area contributed by atoms with Crippen molar-refractivity contribution in [3.63, 3.8) is 0 Å². The normalized spacial score (nSPS) is 15.0. The van der Waals surface area contributed by atoms with Crippen LogP contribution in [0.3, 0.4) is 0 Å². The van der Waals surface area contributed by atoms with Crippen molar-refractivity contribution in [2.24, 2.45) is 0 Å². The number of benzene rings is 1. The standard InChI is InChI=1S/C21H27N3O2/c1-2-5-17-7-9-18(10-8-17)21(26)24-13-4-12-23(14-15-24)20(25)16-19-6-3-11-22-19/h3,6-11,22H,2,4-5,12-16H2,1H3. The summed E-state index contributed by atoms with van der Waals surface area (Å²) in [7, 11) is 0. The van der Waals surface area contributed by atoms with E-state index in [1.165, 1.54) is 5.56 Å². The Kier molecular flexibility index (Phi) is 6.10. The third-order valence-electron chi connectivity index (χ3n) is 4.88. The Hall–Kier alpha value is -2.56. The minimum atomic E-state index is 0.0618. The van der Waals surface area contributed by atoms with Gasteiger partial charge in [0.25, 0.3) is 5.91 Å². The molecule has 2 amide bonds. The minimum absolute atomic E-state index is 0.0618. The maximum absolute atomic E-state index is 12.8. The highest BCUT2D eigenvalue weighted by molar-refractivity contribution is 5.94. The molecule has 0 unspecified atom stereocenters. The number of H-pyrrole nitrogens is 1. The number of aromatic nitrogens is 1. The van der Waals surface area contributed by atoms with Crippen molar-refractivity contribution in [3.05, 3.63) is 59.4 Å². The molecule has 1 aromatic heterocycles. The molecule has 3 rings (SSSR count). The topological polar surface area (TPSA) is 56.4 Å². The highest BCUT2D eigenvalue weighted by Crippen LogP contribution is 2.12. The van der Waals surface area contributed by atoms with E-state index in [0.717, 1.165) is 30.5 Å². The lowest BCUT2D eigenvalue weighted by molar-refractivity contribution is -0.130. The molecule has 1 aliphatic rings. The number of hydrogen-bond acceptors (Lipinski definition) is 2. The van der Waals surface area contributed by atoms with Crippen molar-refractivity contribution < 1.29 is 9.59 Å². The Morgan fingerprint density at radius 3 is 2.42 bits per heavy atom. The smallest absolute Gasteiger partial charge is 0.253 e. The van der Waals surface area contributed by atoms with Gasteiger partial charge in [0.2, 0.25) is 5.91 Å². The first-order valence-corrected chi connectivity index (χ1v) is 9.45. The van der Waals surface area contributed by atoms with Gasteiger partial charge in [-0.15, -0.1) is 0 Å². The molecule has 0 atom stereocenters. The fourth-order valence-corrected chi connectivity index (χ4v) is 3.41. The fraction of sp³-hybridized carbons (Fsp3) is 0.429. The number of hydrogen-bond donors (Lipinski definition) is 1. The van der Waals surface area contributed by atoms with Gasteiger partial charge in [0.1, 0.15) is 0 Å². The molecule has 1 fully saturated rings. The second-order valence-electron chi connectivity index (χ2n) is 6.85. The molecule has 1 saturated heterocycles. The first-order valence-electron chi connectivity index (χ1n) is 9.45. The quantitative estimate of drug-likeness (QED) is 0.899. The average molecular weight is 353 g/mol. The molecular weight excluding hydrogens is 326 g/mol. The summed E-state index contributed by atoms with van der Waals surface area (Å²) in [5, 5.41) is 0. The van der Waals surface area contributed by atoms with Crippen LogP contribution in [0.15, 0.2) is 42.6 Å². The lowest BCUT2D eigenvalue weighted by Crippen LogP contribution is -2.38. The number of nitrogens with zero attached hydrogens (tertiary/aromatic N) is 2. The molecule has 0 radical (unpaired) electrons. The molecule has 0 aliphatic carbocycles. The van der Waals surface area contributed by atoms with E-state index >= 15 is 0 Å². The van der Waals surface area contributed by atoms with Gasteiger partial charge in [-0.05, 0) is 42.7 Å². The third kappa shape index (κ3) is 4.54. The molecule has 0 saturated carbocycles. The van der Waals surface area contributed by atoms with E-state index in [-0.39, 0.29) is 11.8 Å². The Labute approximate surface area is 155 Å². The van der Waals surface area contributed by atoms with E-state index in [4.69, 9.17) is 0 Å². The minimum Gasteiger partial charge on any atom is -0.365 e. The largest absolute Gasteiger partial charge is 0.365 e. The van der Waals surface area contributed by atoms with Crippen LogP contribution in [-0.2, 0) is 17.6 Å². The summed E-state index contributed by atoms with van der Waals surface area (Å²) in [5.74, 6) is 0.178. The van der Waals surface area contributed by atoms with E-state index < -0.39 is 0 Å². The average Bonchev–Trinajstić information content (AvgIpc) is 3.03. The van der Waals surface area contributed by atoms with Crippen molar-refractivity contribution >= 4 is 11.8 Å². The first-order chi connectivity index (χ1) is 12.7. The second-order valence-corrected chi connectivity index (χ2v) is 6.85. The lowest BCUT2D eigenvalue weighted by atomic mass is 10.1. The van der Waals surface area contributed by atoms with E-state index in [0.29, 0.717) is 32.6 Å². The monoisotopic (exact) mass is 353 g/mol. The van der Waals surface area contributed by atoms with Crippen LogP contribution < -0.4 is 0 Å². The molecule has 0 spiro atoms. The molecular formula is C21H27N3O2. The van der Waals surface area contributed by atoms with Gasteiger partial charge < -0.3 is 14.8 Å². The van der Waals surface area contributed by atoms with Crippen molar-refractivity contribution in [1.29, 1.82) is 0 Å². The summed E-state index contributed by atoms with van der Waals surface area (Å²) in [6.07, 6.45) is 5.18. The zero-order valence-corrected chi connectivity index (χ0v) is 15.4. The molecule has 2 aromatic rings. The molecule has 5 heteroatoms. The second kappa shape index (κ2) is 8.70. The van der Waals surface area contributed by atoms with Crippen LogP contribution in [0, 0.1) is 0 Å². The fourth-order valence-electron chi connectivity index (χ4n) is 3.41. The van der Waals surface area contributed by atoms with Gasteiger partial charge in [0.05, 0.1) is 6.42 Å². The number of rotatable bonds is 5. The van der Waals surface area contributed by atoms with Crippen LogP contribution in [-0.4, -0.2) is 52.8 Å². The number of aryl methyl sites for hydroxylation is 1. The Morgan fingerprint density at radius 2 is 1.73 bits per heavy atom. The summed E-state index contributed by atoms with van der Waals surface area (Å²) in [5.41, 5.74) is 2.93. The zero-order valence-electron chi connectivity index (χ0n) is 15.4. The summed E-state index contributed by atoms with van der Waals surface area (Å²) < 4.78 is 0. The molecule has 1 N–H and O–H groups in total. The number of amides is 2. The predicted molar refractivity (Wildman–Crippen MR) is 102 cm³/mol. The van der Waals surface area contributed by atoms with Crippen LogP contribution in [0.2, 0.25) is 0 Å². The van der Waals surface area contributed by atoms with Crippen LogP contribution in [0.5, 0.6) is 0 Å². The van der Waals surface area contributed by atoms with Gasteiger partial charge in [0, 0.05) is 43.6 Å². The number of carbonyl (C=O) groups is 2. The van der Waals surface area contributed by atoms with Gasteiger partial charge in [0.15, 0.2) is 0 Å². The van der Waals surface area contributed by atoms with E-state index in [9.17, 15) is 9.59 Å². The maximum atomic E-state index is 12.8. The molecule has 26 heavy (non-hydrogen) atoms. The third-order valence-corrected chi connectivity index (χ3v) is 4.88. The Morgan fingerprint density at radius 1 is 1.00 bits per heavy atom. The Bertz CT molecular complexity index is 722. The van der Waals surface area contributed by atoms with Crippen LogP contribution in [0.25, 0.3) is 0 Å². The van der Waals surface area contributed by atoms with Crippen molar-refractivity contribution in [2.45, 2.75) is 32.6 Å². The summed E-state index contributed by atoms with van der Waals surface area (Å²) in [4.78, 5) is 32.1. The van der Waals surface area contributed by atoms with E-state index in [2.05, 4.69) is 11.9 Å². The molecule has 1 aromatic carbocycles.